The molecule has 4 unspecified atom stereocenters. The van der Waals surface area contributed by atoms with Crippen molar-refractivity contribution in [1.29, 1.82) is 0 Å². The van der Waals surface area contributed by atoms with Crippen LogP contribution < -0.4 is 5.43 Å². The van der Waals surface area contributed by atoms with E-state index in [0.717, 1.165) is 64.2 Å². The minimum absolute atomic E-state index is 0.215. The Hall–Kier alpha value is -0.910. The number of piperidine rings is 3. The zero-order valence-corrected chi connectivity index (χ0v) is 22.8. The predicted octanol–water partition coefficient (Wildman–Crippen LogP) is 3.77. The van der Waals surface area contributed by atoms with Gasteiger partial charge in [0.15, 0.2) is 0 Å². The van der Waals surface area contributed by atoms with Crippen molar-refractivity contribution in [2.24, 2.45) is 23.7 Å². The van der Waals surface area contributed by atoms with Crippen molar-refractivity contribution in [2.45, 2.75) is 101 Å². The van der Waals surface area contributed by atoms with E-state index in [1.165, 1.54) is 0 Å². The van der Waals surface area contributed by atoms with Crippen molar-refractivity contribution in [2.75, 3.05) is 32.7 Å². The van der Waals surface area contributed by atoms with Crippen LogP contribution >= 0.6 is 0 Å². The highest BCUT2D eigenvalue weighted by Crippen LogP contribution is 2.44. The highest BCUT2D eigenvalue weighted by Gasteiger charge is 2.59. The first-order valence-electron chi connectivity index (χ1n) is 14.4. The number of carbonyl (C=O) groups is 1. The molecule has 4 saturated heterocycles. The van der Waals surface area contributed by atoms with Crippen molar-refractivity contribution < 1.29 is 26.4 Å². The van der Waals surface area contributed by atoms with Crippen molar-refractivity contribution in [3.05, 3.63) is 0 Å². The largest absolute Gasteiger partial charge is 0.406 e. The van der Waals surface area contributed by atoms with E-state index in [1.54, 1.807) is 14.2 Å². The number of likely N-dealkylation sites (tertiary alicyclic amines) is 1. The first kappa shape index (κ1) is 27.6. The van der Waals surface area contributed by atoms with Gasteiger partial charge in [0.1, 0.15) is 6.04 Å². The number of halogens is 3. The lowest BCUT2D eigenvalue weighted by molar-refractivity contribution is -0.172. The summed E-state index contributed by atoms with van der Waals surface area (Å²) in [6, 6.07) is -2.30. The van der Waals surface area contributed by atoms with Gasteiger partial charge >= 0.3 is 6.18 Å². The van der Waals surface area contributed by atoms with Crippen LogP contribution in [0.5, 0.6) is 0 Å². The van der Waals surface area contributed by atoms with E-state index >= 15 is 0 Å². The average molecular weight is 549 g/mol. The van der Waals surface area contributed by atoms with E-state index in [1.807, 2.05) is 0 Å². The molecule has 5 rings (SSSR count). The summed E-state index contributed by atoms with van der Waals surface area (Å²) in [6.07, 6.45) is 4.46. The molecule has 4 aliphatic heterocycles. The van der Waals surface area contributed by atoms with E-state index < -0.39 is 34.2 Å². The average Bonchev–Trinajstić information content (AvgIpc) is 3.29. The Morgan fingerprint density at radius 3 is 2.08 bits per heavy atom. The molecule has 1 saturated carbocycles. The van der Waals surface area contributed by atoms with Gasteiger partial charge in [0.05, 0.1) is 11.2 Å². The lowest BCUT2D eigenvalue weighted by Crippen LogP contribution is -2.51. The molecule has 0 aromatic heterocycles. The summed E-state index contributed by atoms with van der Waals surface area (Å²) in [5.74, 6) is -0.376. The standard InChI is InChI=1S/C26H43F3N4O3S/c1-18-5-7-21(8-6-18)37(35,36)32-14-9-19(10-15-32)20-11-16-33-22(17-20)23(24(30-33)26(27,28)29)25(34)31-12-3-2-4-13-31/h18-24,30H,2-17H2,1H3. The maximum absolute atomic E-state index is 14.0. The summed E-state index contributed by atoms with van der Waals surface area (Å²) in [7, 11) is -3.29. The zero-order valence-electron chi connectivity index (χ0n) is 22.0. The molecule has 1 amide bonds. The predicted molar refractivity (Wildman–Crippen MR) is 135 cm³/mol. The molecule has 0 spiro atoms. The van der Waals surface area contributed by atoms with Crippen LogP contribution in [0, 0.1) is 23.7 Å². The number of fused-ring (bicyclic) bond motifs is 1. The topological polar surface area (TPSA) is 73.0 Å². The smallest absolute Gasteiger partial charge is 0.342 e. The molecule has 5 aliphatic rings. The van der Waals surface area contributed by atoms with Crippen LogP contribution in [0.2, 0.25) is 0 Å². The van der Waals surface area contributed by atoms with E-state index in [0.29, 0.717) is 45.1 Å². The zero-order chi connectivity index (χ0) is 26.4. The number of nitrogens with one attached hydrogen (secondary N) is 1. The summed E-state index contributed by atoms with van der Waals surface area (Å²) < 4.78 is 70.3. The van der Waals surface area contributed by atoms with Gasteiger partial charge in [-0.1, -0.05) is 6.92 Å². The van der Waals surface area contributed by atoms with E-state index in [-0.39, 0.29) is 23.0 Å². The van der Waals surface area contributed by atoms with Gasteiger partial charge in [-0.25, -0.2) is 23.2 Å². The molecule has 5 fully saturated rings. The second kappa shape index (κ2) is 10.9. The minimum atomic E-state index is -4.49. The van der Waals surface area contributed by atoms with Crippen molar-refractivity contribution >= 4 is 15.9 Å². The van der Waals surface area contributed by atoms with Gasteiger partial charge < -0.3 is 4.90 Å². The molecule has 0 bridgehead atoms. The second-order valence-electron chi connectivity index (χ2n) is 12.3. The molecule has 0 aromatic carbocycles. The molecule has 212 valence electrons. The van der Waals surface area contributed by atoms with E-state index in [4.69, 9.17) is 0 Å². The van der Waals surface area contributed by atoms with Gasteiger partial charge in [0.25, 0.3) is 0 Å². The third-order valence-electron chi connectivity index (χ3n) is 9.98. The number of hydrazine groups is 1. The molecule has 7 nitrogen and oxygen atoms in total. The fraction of sp³-hybridized carbons (Fsp3) is 0.962. The summed E-state index contributed by atoms with van der Waals surface area (Å²) in [6.45, 7) is 4.77. The van der Waals surface area contributed by atoms with Crippen LogP contribution in [0.25, 0.3) is 0 Å². The highest BCUT2D eigenvalue weighted by atomic mass is 32.2. The maximum atomic E-state index is 14.0. The normalized spacial score (nSPS) is 37.5. The van der Waals surface area contributed by atoms with Crippen LogP contribution in [-0.4, -0.2) is 84.8 Å². The third kappa shape index (κ3) is 5.70. The van der Waals surface area contributed by atoms with Crippen molar-refractivity contribution in [3.63, 3.8) is 0 Å². The Morgan fingerprint density at radius 2 is 1.46 bits per heavy atom. The fourth-order valence-electron chi connectivity index (χ4n) is 7.68. The van der Waals surface area contributed by atoms with E-state index in [9.17, 15) is 26.4 Å². The van der Waals surface area contributed by atoms with Gasteiger partial charge in [-0.2, -0.15) is 13.2 Å². The molecule has 1 N–H and O–H groups in total. The molecule has 1 aliphatic carbocycles. The molecular weight excluding hydrogens is 505 g/mol. The Bertz CT molecular complexity index is 911. The van der Waals surface area contributed by atoms with Gasteiger partial charge in [0.2, 0.25) is 15.9 Å². The number of nitrogens with zero attached hydrogens (tertiary/aromatic N) is 3. The Kier molecular flexibility index (Phi) is 8.17. The summed E-state index contributed by atoms with van der Waals surface area (Å²) in [4.78, 5) is 15.1. The van der Waals surface area contributed by atoms with Crippen molar-refractivity contribution in [3.8, 4) is 0 Å². The Balaban J connectivity index is 1.23. The van der Waals surface area contributed by atoms with Crippen LogP contribution in [0.4, 0.5) is 13.2 Å². The monoisotopic (exact) mass is 548 g/mol. The number of sulfonamides is 1. The van der Waals surface area contributed by atoms with Gasteiger partial charge in [-0.15, -0.1) is 0 Å². The number of alkyl halides is 3. The Labute approximate surface area is 219 Å². The molecule has 4 atom stereocenters. The van der Waals surface area contributed by atoms with Crippen LogP contribution in [0.3, 0.4) is 0 Å². The lowest BCUT2D eigenvalue weighted by atomic mass is 9.74. The molecule has 37 heavy (non-hydrogen) atoms. The summed E-state index contributed by atoms with van der Waals surface area (Å²) in [5, 5.41) is 1.42. The minimum Gasteiger partial charge on any atom is -0.342 e. The SMILES string of the molecule is CC1CCC(S(=O)(=O)N2CCC(C3CCN4NC(C(F)(F)F)C(C(=O)N5CCCCC5)C4C3)CC2)CC1. The fourth-order valence-corrected chi connectivity index (χ4v) is 9.69. The number of hydrogen-bond acceptors (Lipinski definition) is 5. The third-order valence-corrected chi connectivity index (χ3v) is 12.4. The second-order valence-corrected chi connectivity index (χ2v) is 14.5. The van der Waals surface area contributed by atoms with Crippen LogP contribution in [0.15, 0.2) is 0 Å². The quantitative estimate of drug-likeness (QED) is 0.579. The molecular formula is C26H43F3N4O3S. The first-order chi connectivity index (χ1) is 17.6. The van der Waals surface area contributed by atoms with Crippen molar-refractivity contribution in [1.82, 2.24) is 19.6 Å². The number of amides is 1. The van der Waals surface area contributed by atoms with Crippen LogP contribution in [-0.2, 0) is 14.8 Å². The summed E-state index contributed by atoms with van der Waals surface area (Å²) in [5.41, 5.74) is 2.67. The number of rotatable bonds is 4. The molecule has 4 heterocycles. The van der Waals surface area contributed by atoms with Gasteiger partial charge in [-0.05, 0) is 88.4 Å². The maximum Gasteiger partial charge on any atom is 0.406 e. The lowest BCUT2D eigenvalue weighted by Gasteiger charge is -2.43. The highest BCUT2D eigenvalue weighted by molar-refractivity contribution is 7.89. The number of hydrogen-bond donors (Lipinski definition) is 1. The molecule has 0 aromatic rings. The Morgan fingerprint density at radius 1 is 0.838 bits per heavy atom. The van der Waals surface area contributed by atoms with Gasteiger partial charge in [0, 0.05) is 38.8 Å². The van der Waals surface area contributed by atoms with E-state index in [2.05, 4.69) is 12.3 Å². The van der Waals surface area contributed by atoms with Gasteiger partial charge in [-0.3, -0.25) is 4.79 Å². The summed E-state index contributed by atoms with van der Waals surface area (Å²) >= 11 is 0. The first-order valence-corrected chi connectivity index (χ1v) is 15.9. The molecule has 11 heteroatoms. The molecule has 0 radical (unpaired) electrons. The number of carbonyl (C=O) groups excluding carboxylic acids is 1. The van der Waals surface area contributed by atoms with Crippen LogP contribution in [0.1, 0.15) is 77.6 Å².